The van der Waals surface area contributed by atoms with Crippen molar-refractivity contribution in [3.8, 4) is 11.5 Å². The second kappa shape index (κ2) is 7.47. The Morgan fingerprint density at radius 1 is 1.29 bits per heavy atom. The van der Waals surface area contributed by atoms with Crippen LogP contribution < -0.4 is 10.6 Å². The number of hydrogen-bond donors (Lipinski definition) is 2. The van der Waals surface area contributed by atoms with E-state index < -0.39 is 11.7 Å². The first-order valence-electron chi connectivity index (χ1n) is 9.23. The van der Waals surface area contributed by atoms with Crippen molar-refractivity contribution in [3.05, 3.63) is 59.2 Å². The number of amides is 1. The smallest absolute Gasteiger partial charge is 0.259 e. The van der Waals surface area contributed by atoms with E-state index in [1.807, 2.05) is 18.4 Å². The van der Waals surface area contributed by atoms with E-state index in [-0.39, 0.29) is 11.6 Å². The van der Waals surface area contributed by atoms with Crippen LogP contribution in [0, 0.1) is 5.82 Å². The molecule has 2 aromatic heterocycles. The van der Waals surface area contributed by atoms with Crippen LogP contribution in [0.1, 0.15) is 41.4 Å². The van der Waals surface area contributed by atoms with Gasteiger partial charge in [-0.25, -0.2) is 9.37 Å². The van der Waals surface area contributed by atoms with Crippen LogP contribution in [0.15, 0.2) is 36.7 Å². The summed E-state index contributed by atoms with van der Waals surface area (Å²) in [7, 11) is 0. The molecule has 0 bridgehead atoms. The molecular formula is C20H21FN6O. The highest BCUT2D eigenvalue weighted by Gasteiger charge is 2.19. The Balaban J connectivity index is 1.60. The van der Waals surface area contributed by atoms with Crippen molar-refractivity contribution < 1.29 is 9.18 Å². The molecular weight excluding hydrogens is 359 g/mol. The van der Waals surface area contributed by atoms with E-state index >= 15 is 0 Å². The molecule has 0 fully saturated rings. The monoisotopic (exact) mass is 380 g/mol. The van der Waals surface area contributed by atoms with Crippen molar-refractivity contribution in [3.63, 3.8) is 0 Å². The first kappa shape index (κ1) is 18.2. The lowest BCUT2D eigenvalue weighted by Gasteiger charge is -2.18. The molecule has 0 atom stereocenters. The molecule has 1 aliphatic heterocycles. The van der Waals surface area contributed by atoms with Crippen molar-refractivity contribution in [2.45, 2.75) is 32.9 Å². The van der Waals surface area contributed by atoms with Gasteiger partial charge < -0.3 is 15.2 Å². The van der Waals surface area contributed by atoms with Gasteiger partial charge in [0.25, 0.3) is 5.91 Å². The summed E-state index contributed by atoms with van der Waals surface area (Å²) in [4.78, 5) is 17.1. The zero-order chi connectivity index (χ0) is 19.7. The summed E-state index contributed by atoms with van der Waals surface area (Å²) < 4.78 is 16.3. The molecule has 0 saturated heterocycles. The van der Waals surface area contributed by atoms with Crippen molar-refractivity contribution >= 4 is 11.7 Å². The van der Waals surface area contributed by atoms with E-state index in [9.17, 15) is 9.18 Å². The molecule has 3 aromatic rings. The van der Waals surface area contributed by atoms with E-state index in [1.54, 1.807) is 30.6 Å². The molecule has 1 aliphatic rings. The lowest BCUT2D eigenvalue weighted by atomic mass is 9.98. The third kappa shape index (κ3) is 3.50. The molecule has 28 heavy (non-hydrogen) atoms. The minimum Gasteiger partial charge on any atom is -0.312 e. The Morgan fingerprint density at radius 2 is 2.14 bits per heavy atom. The fraction of sp³-hybridized carbons (Fsp3) is 0.300. The van der Waals surface area contributed by atoms with Crippen molar-refractivity contribution in [2.24, 2.45) is 0 Å². The van der Waals surface area contributed by atoms with Crippen LogP contribution in [-0.4, -0.2) is 32.2 Å². The molecule has 0 radical (unpaired) electrons. The number of hydrogen-bond acceptors (Lipinski definition) is 5. The summed E-state index contributed by atoms with van der Waals surface area (Å²) in [6.07, 6.45) is 2.40. The topological polar surface area (TPSA) is 84.7 Å². The van der Waals surface area contributed by atoms with Gasteiger partial charge in [0, 0.05) is 12.6 Å². The second-order valence-electron chi connectivity index (χ2n) is 7.05. The van der Waals surface area contributed by atoms with Gasteiger partial charge in [-0.1, -0.05) is 6.07 Å². The number of nitrogens with one attached hydrogen (secondary N) is 2. The molecule has 144 valence electrons. The zero-order valence-corrected chi connectivity index (χ0v) is 15.7. The van der Waals surface area contributed by atoms with Gasteiger partial charge in [0.1, 0.15) is 23.7 Å². The number of halogens is 1. The average molecular weight is 380 g/mol. The Morgan fingerprint density at radius 3 is 2.96 bits per heavy atom. The van der Waals surface area contributed by atoms with Gasteiger partial charge >= 0.3 is 0 Å². The highest BCUT2D eigenvalue weighted by atomic mass is 19.1. The third-order valence-corrected chi connectivity index (χ3v) is 4.77. The molecule has 3 heterocycles. The summed E-state index contributed by atoms with van der Waals surface area (Å²) in [5, 5.41) is 14.0. The van der Waals surface area contributed by atoms with Crippen molar-refractivity contribution in [1.82, 2.24) is 25.1 Å². The summed E-state index contributed by atoms with van der Waals surface area (Å²) in [6.45, 7) is 5.49. The van der Waals surface area contributed by atoms with Gasteiger partial charge in [-0.05, 0) is 62.2 Å². The van der Waals surface area contributed by atoms with Gasteiger partial charge in [0.15, 0.2) is 5.82 Å². The van der Waals surface area contributed by atoms with E-state index in [0.29, 0.717) is 23.9 Å². The summed E-state index contributed by atoms with van der Waals surface area (Å²) >= 11 is 0. The van der Waals surface area contributed by atoms with Gasteiger partial charge in [-0.15, -0.1) is 10.2 Å². The Bertz CT molecular complexity index is 1030. The van der Waals surface area contributed by atoms with Crippen LogP contribution in [0.4, 0.5) is 10.2 Å². The van der Waals surface area contributed by atoms with Crippen LogP contribution in [0.3, 0.4) is 0 Å². The minimum atomic E-state index is -0.527. The first-order chi connectivity index (χ1) is 13.5. The Kier molecular flexibility index (Phi) is 4.87. The van der Waals surface area contributed by atoms with E-state index in [4.69, 9.17) is 0 Å². The van der Waals surface area contributed by atoms with Crippen LogP contribution >= 0.6 is 0 Å². The molecule has 7 nitrogen and oxygen atoms in total. The number of aromatic nitrogens is 4. The maximum atomic E-state index is 14.5. The summed E-state index contributed by atoms with van der Waals surface area (Å²) in [6, 6.07) is 8.47. The second-order valence-corrected chi connectivity index (χ2v) is 7.05. The highest BCUT2D eigenvalue weighted by molar-refractivity contribution is 6.04. The fourth-order valence-corrected chi connectivity index (χ4v) is 3.29. The maximum absolute atomic E-state index is 14.5. The highest BCUT2D eigenvalue weighted by Crippen LogP contribution is 2.22. The van der Waals surface area contributed by atoms with Crippen LogP contribution in [0.25, 0.3) is 11.5 Å². The standard InChI is InChI=1S/C20H21FN6O/c1-12(2)27-11-23-26-19(27)17-4-3-5-18(24-17)25-20(28)15-8-14-10-22-7-6-13(14)9-16(15)21/h3-5,8-9,11-12,22H,6-7,10H2,1-2H3,(H,24,25,28). The molecule has 2 N–H and O–H groups in total. The number of fused-ring (bicyclic) bond motifs is 1. The molecule has 0 spiro atoms. The zero-order valence-electron chi connectivity index (χ0n) is 15.7. The number of carbonyl (C=O) groups is 1. The van der Waals surface area contributed by atoms with Crippen molar-refractivity contribution in [2.75, 3.05) is 11.9 Å². The largest absolute Gasteiger partial charge is 0.312 e. The molecule has 4 rings (SSSR count). The lowest BCUT2D eigenvalue weighted by Crippen LogP contribution is -2.25. The number of benzene rings is 1. The van der Waals surface area contributed by atoms with E-state index in [0.717, 1.165) is 24.1 Å². The number of pyridine rings is 1. The summed E-state index contributed by atoms with van der Waals surface area (Å²) in [5.74, 6) is -0.108. The number of anilines is 1. The molecule has 1 amide bonds. The van der Waals surface area contributed by atoms with Gasteiger partial charge in [-0.3, -0.25) is 4.79 Å². The lowest BCUT2D eigenvalue weighted by molar-refractivity contribution is 0.102. The predicted octanol–water partition coefficient (Wildman–Crippen LogP) is 2.96. The number of carbonyl (C=O) groups excluding carboxylic acids is 1. The molecule has 1 aromatic carbocycles. The summed E-state index contributed by atoms with van der Waals surface area (Å²) in [5.41, 5.74) is 2.49. The van der Waals surface area contributed by atoms with Crippen LogP contribution in [0.2, 0.25) is 0 Å². The van der Waals surface area contributed by atoms with Gasteiger partial charge in [0.05, 0.1) is 5.56 Å². The third-order valence-electron chi connectivity index (χ3n) is 4.77. The fourth-order valence-electron chi connectivity index (χ4n) is 3.29. The van der Waals surface area contributed by atoms with Gasteiger partial charge in [-0.2, -0.15) is 0 Å². The van der Waals surface area contributed by atoms with Gasteiger partial charge in [0.2, 0.25) is 0 Å². The van der Waals surface area contributed by atoms with E-state index in [1.165, 1.54) is 6.07 Å². The van der Waals surface area contributed by atoms with Crippen molar-refractivity contribution in [1.29, 1.82) is 0 Å². The van der Waals surface area contributed by atoms with Crippen LogP contribution in [0.5, 0.6) is 0 Å². The molecule has 0 saturated carbocycles. The van der Waals surface area contributed by atoms with Crippen LogP contribution in [-0.2, 0) is 13.0 Å². The maximum Gasteiger partial charge on any atom is 0.259 e. The SMILES string of the molecule is CC(C)n1cnnc1-c1cccc(NC(=O)c2cc3c(cc2F)CCNC3)n1. The normalized spacial score (nSPS) is 13.4. The number of rotatable bonds is 4. The first-order valence-corrected chi connectivity index (χ1v) is 9.23. The average Bonchev–Trinajstić information content (AvgIpc) is 3.18. The Hall–Kier alpha value is -3.13. The predicted molar refractivity (Wildman–Crippen MR) is 103 cm³/mol. The minimum absolute atomic E-state index is 0.0139. The molecule has 0 aliphatic carbocycles. The molecule has 0 unspecified atom stereocenters. The van der Waals surface area contributed by atoms with E-state index in [2.05, 4.69) is 25.8 Å². The quantitative estimate of drug-likeness (QED) is 0.727. The Labute approximate surface area is 162 Å². The number of nitrogens with zero attached hydrogens (tertiary/aromatic N) is 4. The molecule has 8 heteroatoms.